The maximum absolute atomic E-state index is 13.8. The van der Waals surface area contributed by atoms with Crippen molar-refractivity contribution in [1.29, 1.82) is 0 Å². The monoisotopic (exact) mass is 588 g/mol. The maximum atomic E-state index is 13.8. The van der Waals surface area contributed by atoms with Crippen molar-refractivity contribution in [3.8, 4) is 10.4 Å². The van der Waals surface area contributed by atoms with E-state index in [9.17, 15) is 23.1 Å². The molecule has 10 nitrogen and oxygen atoms in total. The van der Waals surface area contributed by atoms with Crippen molar-refractivity contribution in [3.05, 3.63) is 52.3 Å². The SMILES string of the molecule is O=C(O)c1sc(-c2ccccc2)cc1N1C(=O)CN(S(=O)(=O)C2=CCC(NCCO)NC2)CC1C1CCCCC1. The van der Waals surface area contributed by atoms with Crippen LogP contribution in [0.5, 0.6) is 0 Å². The highest BCUT2D eigenvalue weighted by molar-refractivity contribution is 7.93. The first-order valence-electron chi connectivity index (χ1n) is 13.8. The van der Waals surface area contributed by atoms with E-state index in [-0.39, 0.29) is 48.1 Å². The molecule has 2 unspecified atom stereocenters. The Morgan fingerprint density at radius 1 is 1.15 bits per heavy atom. The van der Waals surface area contributed by atoms with Gasteiger partial charge in [-0.3, -0.25) is 15.4 Å². The number of hydrogen-bond donors (Lipinski definition) is 4. The standard InChI is InChI=1S/C28H36N4O6S2/c33-14-13-29-25-12-11-21(16-30-25)40(37,38)31-17-23(19-7-3-1-4-8-19)32(26(34)18-31)22-15-24(39-27(22)28(35)36)20-9-5-2-6-10-20/h2,5-6,9-11,15,19,23,25,29-30,33H,1,3-4,7-8,12-14,16-18H2,(H,35,36). The number of carboxylic acid groups (broad SMARTS) is 1. The van der Waals surface area contributed by atoms with Crippen LogP contribution in [-0.4, -0.2) is 79.8 Å². The zero-order valence-electron chi connectivity index (χ0n) is 22.3. The second kappa shape index (κ2) is 12.5. The van der Waals surface area contributed by atoms with Crippen molar-refractivity contribution in [3.63, 3.8) is 0 Å². The summed E-state index contributed by atoms with van der Waals surface area (Å²) in [5.74, 6) is -1.43. The zero-order chi connectivity index (χ0) is 28.3. The summed E-state index contributed by atoms with van der Waals surface area (Å²) in [7, 11) is -3.91. The van der Waals surface area contributed by atoms with Crippen LogP contribution in [0.3, 0.4) is 0 Å². The summed E-state index contributed by atoms with van der Waals surface area (Å²) in [6, 6.07) is 10.8. The molecule has 1 aliphatic carbocycles. The summed E-state index contributed by atoms with van der Waals surface area (Å²) in [4.78, 5) is 28.9. The summed E-state index contributed by atoms with van der Waals surface area (Å²) in [6.07, 6.45) is 6.81. The second-order valence-electron chi connectivity index (χ2n) is 10.5. The first-order chi connectivity index (χ1) is 19.3. The van der Waals surface area contributed by atoms with Gasteiger partial charge in [-0.2, -0.15) is 4.31 Å². The molecule has 2 aliphatic heterocycles. The quantitative estimate of drug-likeness (QED) is 0.351. The van der Waals surface area contributed by atoms with Gasteiger partial charge in [0, 0.05) is 24.5 Å². The highest BCUT2D eigenvalue weighted by atomic mass is 32.2. The van der Waals surface area contributed by atoms with Crippen molar-refractivity contribution in [2.24, 2.45) is 5.92 Å². The van der Waals surface area contributed by atoms with E-state index in [1.165, 1.54) is 4.31 Å². The summed E-state index contributed by atoms with van der Waals surface area (Å²) < 4.78 is 28.8. The lowest BCUT2D eigenvalue weighted by Crippen LogP contribution is -2.61. The van der Waals surface area contributed by atoms with E-state index in [4.69, 9.17) is 5.11 Å². The highest BCUT2D eigenvalue weighted by Gasteiger charge is 2.44. The summed E-state index contributed by atoms with van der Waals surface area (Å²) in [5, 5.41) is 25.4. The van der Waals surface area contributed by atoms with Gasteiger partial charge >= 0.3 is 5.97 Å². The lowest BCUT2D eigenvalue weighted by atomic mass is 9.82. The molecule has 40 heavy (non-hydrogen) atoms. The average Bonchev–Trinajstić information content (AvgIpc) is 3.42. The van der Waals surface area contributed by atoms with E-state index in [2.05, 4.69) is 10.6 Å². The molecule has 1 amide bonds. The molecule has 4 N–H and O–H groups in total. The molecule has 1 aromatic heterocycles. The number of nitrogens with one attached hydrogen (secondary N) is 2. The molecular formula is C28H36N4O6S2. The number of benzene rings is 1. The Bertz CT molecular complexity index is 1350. The summed E-state index contributed by atoms with van der Waals surface area (Å²) >= 11 is 1.14. The van der Waals surface area contributed by atoms with Crippen molar-refractivity contribution in [1.82, 2.24) is 14.9 Å². The number of nitrogens with zero attached hydrogens (tertiary/aromatic N) is 2. The molecule has 216 valence electrons. The third-order valence-corrected chi connectivity index (χ3v) is 11.1. The lowest BCUT2D eigenvalue weighted by molar-refractivity contribution is -0.121. The number of anilines is 1. The predicted molar refractivity (Wildman–Crippen MR) is 155 cm³/mol. The number of carbonyl (C=O) groups is 2. The third kappa shape index (κ3) is 6.02. The number of aliphatic hydroxyl groups excluding tert-OH is 1. The van der Waals surface area contributed by atoms with Gasteiger partial charge in [-0.05, 0) is 36.8 Å². The smallest absolute Gasteiger partial charge is 0.348 e. The fraction of sp³-hybridized carbons (Fsp3) is 0.500. The molecule has 12 heteroatoms. The van der Waals surface area contributed by atoms with Crippen LogP contribution in [0, 0.1) is 5.92 Å². The van der Waals surface area contributed by atoms with Crippen LogP contribution in [-0.2, 0) is 14.8 Å². The first kappa shape index (κ1) is 28.9. The molecule has 2 fully saturated rings. The molecule has 1 saturated heterocycles. The van der Waals surface area contributed by atoms with E-state index >= 15 is 0 Å². The normalized spacial score (nSPS) is 23.3. The van der Waals surface area contributed by atoms with Gasteiger partial charge in [-0.15, -0.1) is 11.3 Å². The van der Waals surface area contributed by atoms with Gasteiger partial charge in [0.15, 0.2) is 0 Å². The molecule has 5 rings (SSSR count). The van der Waals surface area contributed by atoms with Crippen LogP contribution in [0.15, 0.2) is 47.4 Å². The minimum Gasteiger partial charge on any atom is -0.477 e. The number of amides is 1. The van der Waals surface area contributed by atoms with E-state index in [0.717, 1.165) is 53.9 Å². The summed E-state index contributed by atoms with van der Waals surface area (Å²) in [6.45, 7) is 0.299. The van der Waals surface area contributed by atoms with Gasteiger partial charge in [0.1, 0.15) is 4.88 Å². The van der Waals surface area contributed by atoms with Crippen LogP contribution in [0.25, 0.3) is 10.4 Å². The van der Waals surface area contributed by atoms with Crippen LogP contribution in [0.1, 0.15) is 48.2 Å². The number of hydrogen-bond acceptors (Lipinski definition) is 8. The molecule has 1 aromatic carbocycles. The van der Waals surface area contributed by atoms with Gasteiger partial charge in [-0.1, -0.05) is 55.7 Å². The van der Waals surface area contributed by atoms with Crippen molar-refractivity contribution in [2.45, 2.75) is 50.7 Å². The lowest BCUT2D eigenvalue weighted by Gasteiger charge is -2.45. The number of carbonyl (C=O) groups excluding carboxylic acids is 1. The zero-order valence-corrected chi connectivity index (χ0v) is 23.9. The highest BCUT2D eigenvalue weighted by Crippen LogP contribution is 2.42. The van der Waals surface area contributed by atoms with Crippen LogP contribution in [0.2, 0.25) is 0 Å². The fourth-order valence-corrected chi connectivity index (χ4v) is 8.51. The number of rotatable bonds is 9. The number of sulfonamides is 1. The van der Waals surface area contributed by atoms with Gasteiger partial charge in [0.05, 0.1) is 36.0 Å². The van der Waals surface area contributed by atoms with Gasteiger partial charge in [0.2, 0.25) is 15.9 Å². The Labute approximate surface area is 238 Å². The number of carboxylic acids is 1. The molecule has 0 bridgehead atoms. The Morgan fingerprint density at radius 3 is 2.55 bits per heavy atom. The molecule has 3 aliphatic rings. The molecule has 0 spiro atoms. The largest absolute Gasteiger partial charge is 0.477 e. The Hall–Kier alpha value is -2.61. The van der Waals surface area contributed by atoms with Crippen LogP contribution in [0.4, 0.5) is 5.69 Å². The van der Waals surface area contributed by atoms with E-state index < -0.39 is 27.9 Å². The topological polar surface area (TPSA) is 139 Å². The maximum Gasteiger partial charge on any atom is 0.348 e. The predicted octanol–water partition coefficient (Wildman–Crippen LogP) is 2.83. The molecule has 0 radical (unpaired) electrons. The van der Waals surface area contributed by atoms with E-state index in [1.807, 2.05) is 30.3 Å². The van der Waals surface area contributed by atoms with Crippen molar-refractivity contribution in [2.75, 3.05) is 37.7 Å². The molecule has 3 heterocycles. The fourth-order valence-electron chi connectivity index (χ4n) is 5.99. The number of aliphatic hydroxyl groups is 1. The number of aromatic carboxylic acids is 1. The van der Waals surface area contributed by atoms with Gasteiger partial charge in [0.25, 0.3) is 0 Å². The minimum atomic E-state index is -3.91. The third-order valence-electron chi connectivity index (χ3n) is 8.00. The minimum absolute atomic E-state index is 0.0114. The Balaban J connectivity index is 1.47. The number of piperazine rings is 1. The first-order valence-corrected chi connectivity index (χ1v) is 16.1. The summed E-state index contributed by atoms with van der Waals surface area (Å²) in [5.41, 5.74) is 1.22. The average molecular weight is 589 g/mol. The van der Waals surface area contributed by atoms with E-state index in [0.29, 0.717) is 18.7 Å². The molecule has 2 atom stereocenters. The Morgan fingerprint density at radius 2 is 1.90 bits per heavy atom. The van der Waals surface area contributed by atoms with Crippen LogP contribution >= 0.6 is 11.3 Å². The van der Waals surface area contributed by atoms with Gasteiger partial charge in [-0.25, -0.2) is 13.2 Å². The molecular weight excluding hydrogens is 552 g/mol. The second-order valence-corrected chi connectivity index (χ2v) is 13.6. The van der Waals surface area contributed by atoms with Crippen LogP contribution < -0.4 is 15.5 Å². The number of thiophene rings is 1. The van der Waals surface area contributed by atoms with Gasteiger partial charge < -0.3 is 15.1 Å². The molecule has 1 saturated carbocycles. The van der Waals surface area contributed by atoms with Crippen molar-refractivity contribution >= 4 is 38.9 Å². The molecule has 2 aromatic rings. The van der Waals surface area contributed by atoms with E-state index in [1.54, 1.807) is 17.0 Å². The Kier molecular flexibility index (Phi) is 9.03. The van der Waals surface area contributed by atoms with Crippen molar-refractivity contribution < 1.29 is 28.2 Å².